The summed E-state index contributed by atoms with van der Waals surface area (Å²) in [6.45, 7) is 4.91. The van der Waals surface area contributed by atoms with Crippen molar-refractivity contribution in [2.75, 3.05) is 12.0 Å². The molecule has 0 fully saturated rings. The number of hydrogen-bond donors (Lipinski definition) is 1. The van der Waals surface area contributed by atoms with Crippen molar-refractivity contribution in [3.05, 3.63) is 64.8 Å². The minimum Gasteiger partial charge on any atom is -0.494 e. The summed E-state index contributed by atoms with van der Waals surface area (Å²) in [5, 5.41) is 5.98. The number of hydrogen-bond acceptors (Lipinski definition) is 4. The van der Waals surface area contributed by atoms with E-state index in [2.05, 4.69) is 22.4 Å². The van der Waals surface area contributed by atoms with Crippen LogP contribution in [0.1, 0.15) is 37.4 Å². The van der Waals surface area contributed by atoms with Gasteiger partial charge in [0.1, 0.15) is 5.75 Å². The Labute approximate surface area is 165 Å². The number of anilines is 1. The lowest BCUT2D eigenvalue weighted by atomic mass is 10.1. The van der Waals surface area contributed by atoms with Crippen molar-refractivity contribution >= 4 is 34.4 Å². The van der Waals surface area contributed by atoms with Gasteiger partial charge in [-0.3, -0.25) is 10.4 Å². The fourth-order valence-corrected chi connectivity index (χ4v) is 2.96. The molecule has 2 aromatic carbocycles. The second kappa shape index (κ2) is 9.38. The van der Waals surface area contributed by atoms with Crippen LogP contribution in [0, 0.1) is 6.92 Å². The molecule has 0 spiro atoms. The van der Waals surface area contributed by atoms with E-state index >= 15 is 0 Å². The third kappa shape index (κ3) is 5.44. The van der Waals surface area contributed by atoms with Crippen molar-refractivity contribution in [2.45, 2.75) is 33.1 Å². The Morgan fingerprint density at radius 1 is 1.11 bits per heavy atom. The van der Waals surface area contributed by atoms with E-state index < -0.39 is 0 Å². The molecule has 0 saturated carbocycles. The predicted molar refractivity (Wildman–Crippen MR) is 114 cm³/mol. The molecule has 0 aliphatic rings. The molecular formula is C22H24ClN3O. The van der Waals surface area contributed by atoms with Gasteiger partial charge in [0, 0.05) is 16.1 Å². The van der Waals surface area contributed by atoms with Crippen LogP contribution in [0.5, 0.6) is 5.75 Å². The molecule has 0 radical (unpaired) electrons. The van der Waals surface area contributed by atoms with Crippen LogP contribution >= 0.6 is 11.6 Å². The number of nitrogens with zero attached hydrogens (tertiary/aromatic N) is 2. The number of fused-ring (bicyclic) bond motifs is 1. The summed E-state index contributed by atoms with van der Waals surface area (Å²) in [6, 6.07) is 15.5. The summed E-state index contributed by atoms with van der Waals surface area (Å²) in [4.78, 5) is 4.52. The Morgan fingerprint density at radius 2 is 1.93 bits per heavy atom. The predicted octanol–water partition coefficient (Wildman–Crippen LogP) is 6.21. The van der Waals surface area contributed by atoms with Crippen LogP contribution in [0.2, 0.25) is 5.02 Å². The van der Waals surface area contributed by atoms with Gasteiger partial charge in [-0.25, -0.2) is 0 Å². The van der Waals surface area contributed by atoms with Gasteiger partial charge in [-0.15, -0.1) is 0 Å². The molecule has 0 aliphatic heterocycles. The number of rotatable bonds is 8. The number of ether oxygens (including phenoxy) is 1. The van der Waals surface area contributed by atoms with Gasteiger partial charge < -0.3 is 4.74 Å². The second-order valence-corrected chi connectivity index (χ2v) is 6.90. The number of unbranched alkanes of at least 4 members (excludes halogenated alkanes) is 2. The summed E-state index contributed by atoms with van der Waals surface area (Å²) in [5.41, 5.74) is 6.80. The van der Waals surface area contributed by atoms with Crippen molar-refractivity contribution in [1.29, 1.82) is 0 Å². The van der Waals surface area contributed by atoms with E-state index in [-0.39, 0.29) is 0 Å². The smallest absolute Gasteiger partial charge is 0.119 e. The quantitative estimate of drug-likeness (QED) is 0.286. The van der Waals surface area contributed by atoms with Crippen molar-refractivity contribution in [3.63, 3.8) is 0 Å². The zero-order valence-corrected chi connectivity index (χ0v) is 16.5. The van der Waals surface area contributed by atoms with Gasteiger partial charge in [-0.1, -0.05) is 31.4 Å². The number of pyridine rings is 1. The van der Waals surface area contributed by atoms with Crippen LogP contribution in [-0.2, 0) is 0 Å². The summed E-state index contributed by atoms with van der Waals surface area (Å²) in [6.07, 6.45) is 5.27. The fourth-order valence-electron chi connectivity index (χ4n) is 2.79. The van der Waals surface area contributed by atoms with Crippen LogP contribution in [-0.4, -0.2) is 17.8 Å². The minimum absolute atomic E-state index is 0.676. The van der Waals surface area contributed by atoms with Gasteiger partial charge in [0.2, 0.25) is 0 Å². The first-order chi connectivity index (χ1) is 13.2. The zero-order valence-electron chi connectivity index (χ0n) is 15.7. The molecule has 3 rings (SSSR count). The molecule has 0 atom stereocenters. The van der Waals surface area contributed by atoms with Crippen molar-refractivity contribution < 1.29 is 4.74 Å². The van der Waals surface area contributed by atoms with E-state index in [1.54, 1.807) is 6.21 Å². The fraction of sp³-hybridized carbons (Fsp3) is 0.273. The minimum atomic E-state index is 0.676. The zero-order chi connectivity index (χ0) is 19.1. The van der Waals surface area contributed by atoms with Crippen LogP contribution < -0.4 is 10.2 Å². The highest BCUT2D eigenvalue weighted by Crippen LogP contribution is 2.26. The molecule has 1 N–H and O–H groups in total. The first-order valence-electron chi connectivity index (χ1n) is 9.24. The van der Waals surface area contributed by atoms with E-state index in [1.165, 1.54) is 12.8 Å². The highest BCUT2D eigenvalue weighted by Gasteiger charge is 2.04. The normalized spacial score (nSPS) is 11.2. The lowest BCUT2D eigenvalue weighted by Gasteiger charge is -2.08. The summed E-state index contributed by atoms with van der Waals surface area (Å²) in [5.74, 6) is 0.890. The molecule has 1 aromatic heterocycles. The van der Waals surface area contributed by atoms with Crippen LogP contribution in [0.25, 0.3) is 10.9 Å². The Bertz CT molecular complexity index is 923. The topological polar surface area (TPSA) is 46.5 Å². The average Bonchev–Trinajstić information content (AvgIpc) is 2.67. The third-order valence-electron chi connectivity index (χ3n) is 4.19. The van der Waals surface area contributed by atoms with E-state index in [0.29, 0.717) is 5.02 Å². The number of hydrazone groups is 1. The molecule has 5 heteroatoms. The molecule has 0 bridgehead atoms. The summed E-state index contributed by atoms with van der Waals surface area (Å²) >= 11 is 6.12. The number of nitrogens with one attached hydrogen (secondary N) is 1. The van der Waals surface area contributed by atoms with E-state index in [9.17, 15) is 0 Å². The highest BCUT2D eigenvalue weighted by molar-refractivity contribution is 6.31. The van der Waals surface area contributed by atoms with Crippen molar-refractivity contribution in [2.24, 2.45) is 5.10 Å². The van der Waals surface area contributed by atoms with E-state index in [0.717, 1.165) is 46.6 Å². The van der Waals surface area contributed by atoms with Crippen LogP contribution in [0.15, 0.2) is 53.6 Å². The molecule has 0 aliphatic carbocycles. The van der Waals surface area contributed by atoms with E-state index in [4.69, 9.17) is 16.3 Å². The lowest BCUT2D eigenvalue weighted by Crippen LogP contribution is -1.97. The van der Waals surface area contributed by atoms with Gasteiger partial charge in [0.25, 0.3) is 0 Å². The number of aromatic nitrogens is 1. The van der Waals surface area contributed by atoms with Crippen molar-refractivity contribution in [1.82, 2.24) is 4.98 Å². The number of halogens is 1. The Morgan fingerprint density at radius 3 is 2.70 bits per heavy atom. The largest absolute Gasteiger partial charge is 0.494 e. The Hall–Kier alpha value is -2.59. The SMILES string of the molecule is CCCCCOc1ccc(/C=N/Nc2cc(C)nc3ccc(Cl)cc23)cc1. The molecule has 3 aromatic rings. The number of benzene rings is 2. The number of aryl methyl sites for hydroxylation is 1. The summed E-state index contributed by atoms with van der Waals surface area (Å²) < 4.78 is 5.73. The van der Waals surface area contributed by atoms with E-state index in [1.807, 2.05) is 55.5 Å². The maximum Gasteiger partial charge on any atom is 0.119 e. The van der Waals surface area contributed by atoms with Crippen LogP contribution in [0.4, 0.5) is 5.69 Å². The highest BCUT2D eigenvalue weighted by atomic mass is 35.5. The first kappa shape index (κ1) is 19.2. The van der Waals surface area contributed by atoms with Gasteiger partial charge >= 0.3 is 0 Å². The van der Waals surface area contributed by atoms with Gasteiger partial charge in [0.05, 0.1) is 24.0 Å². The second-order valence-electron chi connectivity index (χ2n) is 6.47. The van der Waals surface area contributed by atoms with Gasteiger partial charge in [0.15, 0.2) is 0 Å². The van der Waals surface area contributed by atoms with Gasteiger partial charge in [-0.05, 0) is 67.4 Å². The Balaban J connectivity index is 1.65. The van der Waals surface area contributed by atoms with Gasteiger partial charge in [-0.2, -0.15) is 5.10 Å². The molecule has 0 saturated heterocycles. The maximum absolute atomic E-state index is 6.12. The molecule has 0 unspecified atom stereocenters. The average molecular weight is 382 g/mol. The van der Waals surface area contributed by atoms with Crippen molar-refractivity contribution in [3.8, 4) is 5.75 Å². The molecule has 0 amide bonds. The standard InChI is InChI=1S/C22H24ClN3O/c1-3-4-5-12-27-19-9-6-17(7-10-19)15-24-26-22-13-16(2)25-21-11-8-18(23)14-20(21)22/h6-11,13-15H,3-5,12H2,1-2H3,(H,25,26)/b24-15+. The summed E-state index contributed by atoms with van der Waals surface area (Å²) in [7, 11) is 0. The first-order valence-corrected chi connectivity index (χ1v) is 9.62. The maximum atomic E-state index is 6.12. The van der Waals surface area contributed by atoms with Crippen LogP contribution in [0.3, 0.4) is 0 Å². The molecular weight excluding hydrogens is 358 g/mol. The molecule has 4 nitrogen and oxygen atoms in total. The Kier molecular flexibility index (Phi) is 6.66. The lowest BCUT2D eigenvalue weighted by molar-refractivity contribution is 0.306. The third-order valence-corrected chi connectivity index (χ3v) is 4.43. The molecule has 27 heavy (non-hydrogen) atoms. The molecule has 140 valence electrons. The monoisotopic (exact) mass is 381 g/mol. The molecule has 1 heterocycles.